The Hall–Kier alpha value is -1.94. The van der Waals surface area contributed by atoms with E-state index in [1.54, 1.807) is 7.11 Å². The molecule has 1 saturated carbocycles. The van der Waals surface area contributed by atoms with Crippen LogP contribution in [0.2, 0.25) is 0 Å². The van der Waals surface area contributed by atoms with Crippen molar-refractivity contribution in [2.75, 3.05) is 7.11 Å². The number of allylic oxidation sites excluding steroid dienone is 3. The zero-order valence-corrected chi connectivity index (χ0v) is 14.4. The Labute approximate surface area is 141 Å². The highest BCUT2D eigenvalue weighted by molar-refractivity contribution is 5.54. The van der Waals surface area contributed by atoms with Crippen molar-refractivity contribution in [3.63, 3.8) is 0 Å². The van der Waals surface area contributed by atoms with Crippen molar-refractivity contribution in [1.29, 1.82) is 0 Å². The van der Waals surface area contributed by atoms with Gasteiger partial charge in [0.2, 0.25) is 0 Å². The number of benzene rings is 1. The summed E-state index contributed by atoms with van der Waals surface area (Å²) >= 11 is 0. The Bertz CT molecular complexity index is 560. The van der Waals surface area contributed by atoms with Crippen molar-refractivity contribution in [3.05, 3.63) is 48.1 Å². The van der Waals surface area contributed by atoms with Gasteiger partial charge in [0.25, 0.3) is 0 Å². The van der Waals surface area contributed by atoms with Crippen molar-refractivity contribution in [1.82, 2.24) is 0 Å². The molecule has 0 amide bonds. The lowest BCUT2D eigenvalue weighted by atomic mass is 9.80. The van der Waals surface area contributed by atoms with E-state index >= 15 is 0 Å². The molecule has 1 aromatic carbocycles. The minimum atomic E-state index is 0.739. The average molecular weight is 308 g/mol. The summed E-state index contributed by atoms with van der Waals surface area (Å²) in [6.07, 6.45) is 16.5. The molecule has 0 atom stereocenters. The van der Waals surface area contributed by atoms with E-state index in [0.29, 0.717) is 0 Å². The predicted octanol–water partition coefficient (Wildman–Crippen LogP) is 5.87. The number of rotatable bonds is 5. The van der Waals surface area contributed by atoms with Crippen LogP contribution < -0.4 is 4.74 Å². The van der Waals surface area contributed by atoms with Crippen LogP contribution in [-0.2, 0) is 0 Å². The summed E-state index contributed by atoms with van der Waals surface area (Å²) in [7, 11) is 1.68. The normalized spacial score (nSPS) is 21.3. The molecule has 1 aliphatic carbocycles. The maximum absolute atomic E-state index is 5.14. The van der Waals surface area contributed by atoms with E-state index in [9.17, 15) is 0 Å². The summed E-state index contributed by atoms with van der Waals surface area (Å²) in [6.45, 7) is 2.29. The second kappa shape index (κ2) is 9.95. The first-order chi connectivity index (χ1) is 11.3. The number of ether oxygens (including phenoxy) is 1. The fraction of sp³-hybridized carbons (Fsp3) is 0.455. The van der Waals surface area contributed by atoms with Crippen molar-refractivity contribution in [2.45, 2.75) is 45.4 Å². The smallest absolute Gasteiger partial charge is 0.118 e. The highest BCUT2D eigenvalue weighted by Crippen LogP contribution is 2.31. The zero-order valence-electron chi connectivity index (χ0n) is 14.4. The van der Waals surface area contributed by atoms with Crippen LogP contribution in [0.5, 0.6) is 5.75 Å². The quantitative estimate of drug-likeness (QED) is 0.618. The van der Waals surface area contributed by atoms with E-state index in [0.717, 1.165) is 23.1 Å². The van der Waals surface area contributed by atoms with Gasteiger partial charge in [0.05, 0.1) is 7.11 Å². The second-order valence-corrected chi connectivity index (χ2v) is 6.32. The first-order valence-corrected chi connectivity index (χ1v) is 8.80. The summed E-state index contributed by atoms with van der Waals surface area (Å²) < 4.78 is 5.14. The molecule has 0 unspecified atom stereocenters. The van der Waals surface area contributed by atoms with Crippen molar-refractivity contribution >= 4 is 6.08 Å². The second-order valence-electron chi connectivity index (χ2n) is 6.32. The van der Waals surface area contributed by atoms with Gasteiger partial charge in [-0.3, -0.25) is 0 Å². The maximum Gasteiger partial charge on any atom is 0.118 e. The van der Waals surface area contributed by atoms with Crippen molar-refractivity contribution < 1.29 is 4.74 Å². The van der Waals surface area contributed by atoms with Gasteiger partial charge in [-0.15, -0.1) is 0 Å². The first-order valence-electron chi connectivity index (χ1n) is 8.80. The molecule has 0 heterocycles. The summed E-state index contributed by atoms with van der Waals surface area (Å²) in [5.74, 6) is 8.80. The molecule has 0 radical (unpaired) electrons. The van der Waals surface area contributed by atoms with Gasteiger partial charge in [-0.2, -0.15) is 0 Å². The molecule has 0 aromatic heterocycles. The summed E-state index contributed by atoms with van der Waals surface area (Å²) in [6, 6.07) is 7.98. The van der Waals surface area contributed by atoms with Crippen LogP contribution in [0.25, 0.3) is 6.08 Å². The highest BCUT2D eigenvalue weighted by Gasteiger charge is 2.18. The Balaban J connectivity index is 1.73. The minimum absolute atomic E-state index is 0.739. The molecule has 0 aliphatic heterocycles. The minimum Gasteiger partial charge on any atom is -0.497 e. The summed E-state index contributed by atoms with van der Waals surface area (Å²) in [4.78, 5) is 0. The molecule has 0 saturated heterocycles. The molecule has 2 rings (SSSR count). The molecule has 23 heavy (non-hydrogen) atoms. The van der Waals surface area contributed by atoms with E-state index in [1.807, 2.05) is 42.5 Å². The molecule has 122 valence electrons. The highest BCUT2D eigenvalue weighted by atomic mass is 16.5. The van der Waals surface area contributed by atoms with Gasteiger partial charge >= 0.3 is 0 Å². The molecular formula is C22H28O. The van der Waals surface area contributed by atoms with E-state index in [1.165, 1.54) is 38.5 Å². The van der Waals surface area contributed by atoms with Crippen LogP contribution >= 0.6 is 0 Å². The fourth-order valence-electron chi connectivity index (χ4n) is 3.21. The van der Waals surface area contributed by atoms with Gasteiger partial charge < -0.3 is 4.74 Å². The topological polar surface area (TPSA) is 9.23 Å². The average Bonchev–Trinajstić information content (AvgIpc) is 2.60. The van der Waals surface area contributed by atoms with E-state index in [-0.39, 0.29) is 0 Å². The maximum atomic E-state index is 5.14. The monoisotopic (exact) mass is 308 g/mol. The molecular weight excluding hydrogens is 280 g/mol. The first kappa shape index (κ1) is 17.4. The van der Waals surface area contributed by atoms with Crippen LogP contribution in [0, 0.1) is 23.7 Å². The lowest BCUT2D eigenvalue weighted by Gasteiger charge is -2.26. The van der Waals surface area contributed by atoms with Gasteiger partial charge in [0.1, 0.15) is 5.75 Å². The van der Waals surface area contributed by atoms with E-state index in [2.05, 4.69) is 24.8 Å². The van der Waals surface area contributed by atoms with Crippen LogP contribution in [-0.4, -0.2) is 7.11 Å². The van der Waals surface area contributed by atoms with Crippen LogP contribution in [0.1, 0.15) is 51.0 Å². The molecule has 0 bridgehead atoms. The third-order valence-electron chi connectivity index (χ3n) is 4.60. The Kier molecular flexibility index (Phi) is 7.54. The van der Waals surface area contributed by atoms with E-state index < -0.39 is 0 Å². The molecule has 1 aliphatic rings. The van der Waals surface area contributed by atoms with Crippen LogP contribution in [0.3, 0.4) is 0 Å². The number of hydrogen-bond donors (Lipinski definition) is 0. The summed E-state index contributed by atoms with van der Waals surface area (Å²) in [5.41, 5.74) is 1.14. The Morgan fingerprint density at radius 1 is 1.04 bits per heavy atom. The molecule has 0 N–H and O–H groups in total. The van der Waals surface area contributed by atoms with Gasteiger partial charge in [-0.05, 0) is 73.4 Å². The lowest BCUT2D eigenvalue weighted by molar-refractivity contribution is 0.294. The van der Waals surface area contributed by atoms with Gasteiger partial charge in [0.15, 0.2) is 0 Å². The Morgan fingerprint density at radius 2 is 1.74 bits per heavy atom. The van der Waals surface area contributed by atoms with Crippen molar-refractivity contribution in [3.8, 4) is 17.6 Å². The third kappa shape index (κ3) is 6.37. The van der Waals surface area contributed by atoms with Crippen molar-refractivity contribution in [2.24, 2.45) is 11.8 Å². The lowest BCUT2D eigenvalue weighted by Crippen LogP contribution is -2.12. The largest absolute Gasteiger partial charge is 0.497 e. The van der Waals surface area contributed by atoms with Crippen LogP contribution in [0.4, 0.5) is 0 Å². The number of hydrogen-bond acceptors (Lipinski definition) is 1. The predicted molar refractivity (Wildman–Crippen MR) is 99.3 cm³/mol. The standard InChI is InChI=1S/C22H28O/c1-3-8-19-11-13-20(14-12-19)9-6-4-5-7-10-21-15-17-22(23-2)18-16-21/h6-7,9-10,15-20H,3,8,11-14H2,1-2H3/b9-6+,10-7+. The summed E-state index contributed by atoms with van der Waals surface area (Å²) in [5, 5.41) is 0. The Morgan fingerprint density at radius 3 is 2.39 bits per heavy atom. The SMILES string of the molecule is CCCC1CCC(/C=C/C#C/C=C/c2ccc(OC)cc2)CC1. The molecule has 1 fully saturated rings. The number of methoxy groups -OCH3 is 1. The van der Waals surface area contributed by atoms with Gasteiger partial charge in [-0.1, -0.05) is 49.8 Å². The van der Waals surface area contributed by atoms with Gasteiger partial charge in [-0.25, -0.2) is 0 Å². The van der Waals surface area contributed by atoms with Gasteiger partial charge in [0, 0.05) is 0 Å². The molecule has 1 heteroatoms. The molecule has 1 aromatic rings. The molecule has 1 nitrogen and oxygen atoms in total. The van der Waals surface area contributed by atoms with E-state index in [4.69, 9.17) is 4.74 Å². The third-order valence-corrected chi connectivity index (χ3v) is 4.60. The van der Waals surface area contributed by atoms with Crippen LogP contribution in [0.15, 0.2) is 42.5 Å². The zero-order chi connectivity index (χ0) is 16.3. The molecule has 0 spiro atoms. The fourth-order valence-corrected chi connectivity index (χ4v) is 3.21.